The maximum absolute atomic E-state index is 10.9. The number of rotatable bonds is 3. The number of alkyl carbamates (subject to hydrolysis) is 1. The minimum absolute atomic E-state index is 0.238. The fourth-order valence-electron chi connectivity index (χ4n) is 0.554. The number of alkyl halides is 3. The number of nitrogens with one attached hydrogen (secondary N) is 1. The summed E-state index contributed by atoms with van der Waals surface area (Å²) in [5.74, 6) is 0. The van der Waals surface area contributed by atoms with Crippen molar-refractivity contribution in [3.8, 4) is 0 Å². The van der Waals surface area contributed by atoms with E-state index < -0.39 is 16.1 Å². The lowest BCUT2D eigenvalue weighted by Crippen LogP contribution is -2.45. The molecule has 0 rings (SSSR count). The van der Waals surface area contributed by atoms with Gasteiger partial charge in [0.05, 0.1) is 6.61 Å². The first-order valence-corrected chi connectivity index (χ1v) is 4.58. The molecule has 0 aromatic carbocycles. The van der Waals surface area contributed by atoms with Crippen molar-refractivity contribution in [2.24, 2.45) is 0 Å². The molecule has 0 saturated carbocycles. The number of carbonyl (C=O) groups excluding carboxylic acids is 1. The second-order valence-corrected chi connectivity index (χ2v) is 4.39. The minimum Gasteiger partial charge on any atom is -0.450 e. The van der Waals surface area contributed by atoms with Crippen molar-refractivity contribution < 1.29 is 14.3 Å². The molecule has 1 amide bonds. The van der Waals surface area contributed by atoms with Crippen LogP contribution in [0.1, 0.15) is 6.92 Å². The van der Waals surface area contributed by atoms with E-state index in [-0.39, 0.29) is 6.61 Å². The van der Waals surface area contributed by atoms with Crippen LogP contribution in [0.15, 0.2) is 0 Å². The van der Waals surface area contributed by atoms with Crippen LogP contribution in [-0.4, -0.2) is 29.8 Å². The molecule has 78 valence electrons. The summed E-state index contributed by atoms with van der Waals surface area (Å²) in [6, 6.07) is 0. The number of carbonyl (C=O) groups is 1. The third-order valence-electron chi connectivity index (χ3n) is 1.06. The molecule has 4 nitrogen and oxygen atoms in total. The highest BCUT2D eigenvalue weighted by molar-refractivity contribution is 6.68. The fraction of sp³-hybridized carbons (Fsp3) is 0.833. The average molecular weight is 251 g/mol. The van der Waals surface area contributed by atoms with Gasteiger partial charge in [-0.25, -0.2) is 4.79 Å². The predicted molar refractivity (Wildman–Crippen MR) is 51.2 cm³/mol. The second-order valence-electron chi connectivity index (χ2n) is 2.02. The predicted octanol–water partition coefficient (Wildman–Crippen LogP) is 2.08. The number of amides is 1. The first-order chi connectivity index (χ1) is 5.91. The third kappa shape index (κ3) is 5.41. The van der Waals surface area contributed by atoms with E-state index in [9.17, 15) is 4.79 Å². The van der Waals surface area contributed by atoms with Gasteiger partial charge in [0.15, 0.2) is 6.23 Å². The van der Waals surface area contributed by atoms with E-state index in [0.29, 0.717) is 0 Å². The van der Waals surface area contributed by atoms with Crippen molar-refractivity contribution in [2.75, 3.05) is 13.7 Å². The SMILES string of the molecule is CCOC(=O)N[C@@H](OC)C(Cl)(Cl)Cl. The van der Waals surface area contributed by atoms with Crippen LogP contribution in [0.4, 0.5) is 4.79 Å². The van der Waals surface area contributed by atoms with E-state index in [1.54, 1.807) is 6.92 Å². The van der Waals surface area contributed by atoms with Gasteiger partial charge in [-0.1, -0.05) is 34.8 Å². The van der Waals surface area contributed by atoms with E-state index in [4.69, 9.17) is 39.5 Å². The van der Waals surface area contributed by atoms with Gasteiger partial charge in [0.2, 0.25) is 3.79 Å². The summed E-state index contributed by atoms with van der Waals surface area (Å²) < 4.78 is 7.57. The quantitative estimate of drug-likeness (QED) is 0.616. The van der Waals surface area contributed by atoms with Gasteiger partial charge in [-0.3, -0.25) is 5.32 Å². The van der Waals surface area contributed by atoms with Crippen LogP contribution in [0.2, 0.25) is 0 Å². The number of hydrogen-bond donors (Lipinski definition) is 1. The van der Waals surface area contributed by atoms with Crippen LogP contribution in [0, 0.1) is 0 Å². The van der Waals surface area contributed by atoms with Crippen molar-refractivity contribution in [3.05, 3.63) is 0 Å². The first-order valence-electron chi connectivity index (χ1n) is 3.44. The van der Waals surface area contributed by atoms with Gasteiger partial charge in [0, 0.05) is 7.11 Å². The van der Waals surface area contributed by atoms with Crippen molar-refractivity contribution >= 4 is 40.9 Å². The van der Waals surface area contributed by atoms with Gasteiger partial charge in [-0.2, -0.15) is 0 Å². The minimum atomic E-state index is -1.72. The zero-order valence-corrected chi connectivity index (χ0v) is 9.41. The van der Waals surface area contributed by atoms with Gasteiger partial charge in [-0.05, 0) is 6.92 Å². The Morgan fingerprint density at radius 2 is 2.08 bits per heavy atom. The molecule has 0 aliphatic carbocycles. The Balaban J connectivity index is 4.06. The molecule has 0 aromatic rings. The number of hydrogen-bond acceptors (Lipinski definition) is 3. The normalized spacial score (nSPS) is 13.6. The summed E-state index contributed by atoms with van der Waals surface area (Å²) in [6.45, 7) is 1.90. The van der Waals surface area contributed by atoms with E-state index in [1.807, 2.05) is 0 Å². The standard InChI is InChI=1S/C6H10Cl3NO3/c1-3-13-5(11)10-4(12-2)6(7,8)9/h4H,3H2,1-2H3,(H,10,11)/t4-/m0/s1. The van der Waals surface area contributed by atoms with Crippen LogP contribution < -0.4 is 5.32 Å². The molecule has 0 unspecified atom stereocenters. The van der Waals surface area contributed by atoms with E-state index >= 15 is 0 Å². The number of methoxy groups -OCH3 is 1. The summed E-state index contributed by atoms with van der Waals surface area (Å²) in [6.07, 6.45) is -1.72. The Morgan fingerprint density at radius 1 is 1.54 bits per heavy atom. The van der Waals surface area contributed by atoms with Crippen molar-refractivity contribution in [1.29, 1.82) is 0 Å². The van der Waals surface area contributed by atoms with Gasteiger partial charge < -0.3 is 9.47 Å². The Kier molecular flexibility index (Phi) is 5.80. The van der Waals surface area contributed by atoms with Crippen LogP contribution in [0.25, 0.3) is 0 Å². The fourth-order valence-corrected chi connectivity index (χ4v) is 0.985. The highest BCUT2D eigenvalue weighted by atomic mass is 35.6. The lowest BCUT2D eigenvalue weighted by Gasteiger charge is -2.23. The second kappa shape index (κ2) is 5.75. The van der Waals surface area contributed by atoms with Gasteiger partial charge in [-0.15, -0.1) is 0 Å². The molecular weight excluding hydrogens is 240 g/mol. The maximum Gasteiger partial charge on any atom is 0.409 e. The molecule has 0 aromatic heterocycles. The highest BCUT2D eigenvalue weighted by Gasteiger charge is 2.34. The molecule has 7 heteroatoms. The van der Waals surface area contributed by atoms with Gasteiger partial charge in [0.25, 0.3) is 0 Å². The smallest absolute Gasteiger partial charge is 0.409 e. The van der Waals surface area contributed by atoms with E-state index in [0.717, 1.165) is 0 Å². The molecule has 0 aliphatic rings. The molecule has 0 fully saturated rings. The van der Waals surface area contributed by atoms with Crippen LogP contribution in [0.5, 0.6) is 0 Å². The molecular formula is C6H10Cl3NO3. The Morgan fingerprint density at radius 3 is 2.38 bits per heavy atom. The number of ether oxygens (including phenoxy) is 2. The molecule has 13 heavy (non-hydrogen) atoms. The van der Waals surface area contributed by atoms with Crippen molar-refractivity contribution in [2.45, 2.75) is 16.9 Å². The lowest BCUT2D eigenvalue weighted by atomic mass is 10.6. The molecule has 1 N–H and O–H groups in total. The summed E-state index contributed by atoms with van der Waals surface area (Å²) in [5.41, 5.74) is 0. The zero-order chi connectivity index (χ0) is 10.5. The Labute approximate surface area is 91.4 Å². The van der Waals surface area contributed by atoms with Crippen LogP contribution in [-0.2, 0) is 9.47 Å². The number of halogens is 3. The van der Waals surface area contributed by atoms with E-state index in [2.05, 4.69) is 10.1 Å². The monoisotopic (exact) mass is 249 g/mol. The third-order valence-corrected chi connectivity index (χ3v) is 1.65. The van der Waals surface area contributed by atoms with Crippen molar-refractivity contribution in [3.63, 3.8) is 0 Å². The largest absolute Gasteiger partial charge is 0.450 e. The Bertz CT molecular complexity index is 171. The first kappa shape index (κ1) is 13.1. The zero-order valence-electron chi connectivity index (χ0n) is 7.14. The summed E-state index contributed by atoms with van der Waals surface area (Å²) >= 11 is 16.4. The molecule has 0 bridgehead atoms. The van der Waals surface area contributed by atoms with Gasteiger partial charge >= 0.3 is 6.09 Å². The average Bonchev–Trinajstić information content (AvgIpc) is 1.98. The molecule has 0 radical (unpaired) electrons. The van der Waals surface area contributed by atoms with E-state index in [1.165, 1.54) is 7.11 Å². The van der Waals surface area contributed by atoms with Crippen LogP contribution in [0.3, 0.4) is 0 Å². The summed E-state index contributed by atoms with van der Waals surface area (Å²) in [5, 5.41) is 2.23. The molecule has 0 aliphatic heterocycles. The van der Waals surface area contributed by atoms with Crippen LogP contribution >= 0.6 is 34.8 Å². The highest BCUT2D eigenvalue weighted by Crippen LogP contribution is 2.30. The summed E-state index contributed by atoms with van der Waals surface area (Å²) in [4.78, 5) is 10.9. The molecule has 0 saturated heterocycles. The maximum atomic E-state index is 10.9. The molecule has 0 heterocycles. The molecule has 0 spiro atoms. The molecule has 1 atom stereocenters. The Hall–Kier alpha value is 0.1000. The lowest BCUT2D eigenvalue weighted by molar-refractivity contribution is 0.0655. The van der Waals surface area contributed by atoms with Crippen molar-refractivity contribution in [1.82, 2.24) is 5.32 Å². The topological polar surface area (TPSA) is 47.6 Å². The van der Waals surface area contributed by atoms with Gasteiger partial charge in [0.1, 0.15) is 0 Å². The summed E-state index contributed by atoms with van der Waals surface area (Å²) in [7, 11) is 1.30.